The van der Waals surface area contributed by atoms with Crippen LogP contribution in [-0.4, -0.2) is 27.7 Å². The lowest BCUT2D eigenvalue weighted by Gasteiger charge is -2.23. The average Bonchev–Trinajstić information content (AvgIpc) is 2.86. The van der Waals surface area contributed by atoms with E-state index >= 15 is 0 Å². The van der Waals surface area contributed by atoms with Crippen molar-refractivity contribution in [3.8, 4) is 23.0 Å². The topological polar surface area (TPSA) is 64.3 Å². The molecule has 0 saturated heterocycles. The third kappa shape index (κ3) is 3.99. The summed E-state index contributed by atoms with van der Waals surface area (Å²) in [4.78, 5) is 14.3. The second-order valence-electron chi connectivity index (χ2n) is 8.67. The van der Waals surface area contributed by atoms with Crippen LogP contribution in [0.25, 0.3) is 28.1 Å². The molecule has 6 rings (SSSR count). The third-order valence-electron chi connectivity index (χ3n) is 6.41. The Morgan fingerprint density at radius 1 is 1.00 bits per heavy atom. The molecule has 2 aliphatic carbocycles. The van der Waals surface area contributed by atoms with Crippen LogP contribution in [0.2, 0.25) is 0 Å². The van der Waals surface area contributed by atoms with Crippen molar-refractivity contribution in [1.29, 1.82) is 0 Å². The normalized spacial score (nSPS) is 14.3. The standard InChI is InChI=1S/C28H24FN5O/c1-35-28-22(9-5-15-30-28)33-23-16-25-27(17-24(23)31-19-6-4-7-19)34(20-13-11-18(29)12-14-20)26-10-3-2-8-21(26)32-25/h2-3,5,8-17,19,33H,4,6-7H2,1H3/b31-24+. The van der Waals surface area contributed by atoms with Crippen LogP contribution in [0.15, 0.2) is 84.0 Å². The molecule has 174 valence electrons. The lowest BCUT2D eigenvalue weighted by Crippen LogP contribution is -2.22. The number of methoxy groups -OCH3 is 1. The Morgan fingerprint density at radius 2 is 1.83 bits per heavy atom. The Morgan fingerprint density at radius 3 is 2.60 bits per heavy atom. The number of nitrogens with one attached hydrogen (secondary N) is 1. The first-order valence-corrected chi connectivity index (χ1v) is 11.7. The molecule has 3 aromatic rings. The summed E-state index contributed by atoms with van der Waals surface area (Å²) in [6, 6.07) is 22.7. The number of para-hydroxylation sites is 2. The Balaban J connectivity index is 1.63. The summed E-state index contributed by atoms with van der Waals surface area (Å²) in [5.41, 5.74) is 5.94. The molecule has 35 heavy (non-hydrogen) atoms. The highest BCUT2D eigenvalue weighted by atomic mass is 19.1. The summed E-state index contributed by atoms with van der Waals surface area (Å²) in [6.07, 6.45) is 5.06. The fourth-order valence-electron chi connectivity index (χ4n) is 4.42. The zero-order chi connectivity index (χ0) is 23.8. The molecule has 1 N–H and O–H groups in total. The molecule has 0 amide bonds. The van der Waals surface area contributed by atoms with Gasteiger partial charge in [0.1, 0.15) is 11.5 Å². The molecule has 2 heterocycles. The van der Waals surface area contributed by atoms with E-state index in [0.717, 1.165) is 57.7 Å². The molecule has 0 spiro atoms. The fraction of sp³-hybridized carbons (Fsp3) is 0.179. The number of hydrogen-bond acceptors (Lipinski definition) is 5. The van der Waals surface area contributed by atoms with Crippen molar-refractivity contribution in [2.24, 2.45) is 4.99 Å². The number of fused-ring (bicyclic) bond motifs is 2. The minimum absolute atomic E-state index is 0.269. The number of hydrogen-bond donors (Lipinski definition) is 1. The van der Waals surface area contributed by atoms with Crippen LogP contribution < -0.4 is 15.4 Å². The smallest absolute Gasteiger partial charge is 0.237 e. The van der Waals surface area contributed by atoms with Crippen LogP contribution >= 0.6 is 0 Å². The lowest BCUT2D eigenvalue weighted by molar-refractivity contribution is 0.400. The first-order valence-electron chi connectivity index (χ1n) is 11.7. The van der Waals surface area contributed by atoms with Crippen molar-refractivity contribution in [3.63, 3.8) is 0 Å². The summed E-state index contributed by atoms with van der Waals surface area (Å²) in [5.74, 6) is 0.240. The number of pyridine rings is 1. The molecule has 1 saturated carbocycles. The minimum atomic E-state index is -0.269. The van der Waals surface area contributed by atoms with Gasteiger partial charge in [0.2, 0.25) is 5.88 Å². The van der Waals surface area contributed by atoms with Gasteiger partial charge >= 0.3 is 0 Å². The van der Waals surface area contributed by atoms with E-state index < -0.39 is 0 Å². The predicted octanol–water partition coefficient (Wildman–Crippen LogP) is 5.87. The molecule has 3 aliphatic rings. The van der Waals surface area contributed by atoms with Crippen molar-refractivity contribution in [2.75, 3.05) is 12.4 Å². The molecule has 7 heteroatoms. The van der Waals surface area contributed by atoms with Gasteiger partial charge in [-0.2, -0.15) is 0 Å². The Hall–Kier alpha value is -4.26. The number of anilines is 2. The molecular formula is C28H24FN5O. The van der Waals surface area contributed by atoms with Crippen LogP contribution in [0.4, 0.5) is 15.8 Å². The summed E-state index contributed by atoms with van der Waals surface area (Å²) >= 11 is 0. The zero-order valence-corrected chi connectivity index (χ0v) is 19.3. The van der Waals surface area contributed by atoms with Gasteiger partial charge in [-0.25, -0.2) is 14.4 Å². The molecule has 0 bridgehead atoms. The maximum atomic E-state index is 13.7. The summed E-state index contributed by atoms with van der Waals surface area (Å²) in [5, 5.41) is 4.32. The number of aromatic nitrogens is 3. The van der Waals surface area contributed by atoms with E-state index in [-0.39, 0.29) is 5.82 Å². The van der Waals surface area contributed by atoms with Gasteiger partial charge in [-0.1, -0.05) is 12.1 Å². The van der Waals surface area contributed by atoms with Gasteiger partial charge < -0.3 is 14.6 Å². The largest absolute Gasteiger partial charge is 0.480 e. The van der Waals surface area contributed by atoms with Gasteiger partial charge in [0.05, 0.1) is 46.6 Å². The highest BCUT2D eigenvalue weighted by Gasteiger charge is 2.20. The van der Waals surface area contributed by atoms with Crippen LogP contribution in [-0.2, 0) is 0 Å². The molecule has 0 unspecified atom stereocenters. The van der Waals surface area contributed by atoms with E-state index in [0.29, 0.717) is 11.9 Å². The molecule has 6 nitrogen and oxygen atoms in total. The van der Waals surface area contributed by atoms with Gasteiger partial charge in [-0.3, -0.25) is 4.99 Å². The zero-order valence-electron chi connectivity index (χ0n) is 19.3. The quantitative estimate of drug-likeness (QED) is 0.330. The second-order valence-corrected chi connectivity index (χ2v) is 8.67. The van der Waals surface area contributed by atoms with Crippen molar-refractivity contribution in [2.45, 2.75) is 25.3 Å². The van der Waals surface area contributed by atoms with E-state index in [4.69, 9.17) is 14.7 Å². The average molecular weight is 466 g/mol. The lowest BCUT2D eigenvalue weighted by atomic mass is 9.94. The van der Waals surface area contributed by atoms with E-state index in [1.165, 1.54) is 18.6 Å². The van der Waals surface area contributed by atoms with Gasteiger partial charge in [0.15, 0.2) is 0 Å². The van der Waals surface area contributed by atoms with E-state index in [1.54, 1.807) is 25.4 Å². The predicted molar refractivity (Wildman–Crippen MR) is 135 cm³/mol. The molecule has 0 radical (unpaired) electrons. The van der Waals surface area contributed by atoms with Crippen LogP contribution in [0.5, 0.6) is 5.88 Å². The molecule has 1 aromatic heterocycles. The van der Waals surface area contributed by atoms with Crippen LogP contribution in [0, 0.1) is 5.82 Å². The minimum Gasteiger partial charge on any atom is -0.480 e. The first kappa shape index (κ1) is 21.3. The van der Waals surface area contributed by atoms with Crippen molar-refractivity contribution >= 4 is 22.4 Å². The fourth-order valence-corrected chi connectivity index (χ4v) is 4.42. The molecular weight excluding hydrogens is 441 g/mol. The van der Waals surface area contributed by atoms with Gasteiger partial charge in [0, 0.05) is 11.9 Å². The van der Waals surface area contributed by atoms with Gasteiger partial charge in [-0.15, -0.1) is 0 Å². The maximum Gasteiger partial charge on any atom is 0.237 e. The third-order valence-corrected chi connectivity index (χ3v) is 6.41. The monoisotopic (exact) mass is 465 g/mol. The first-order chi connectivity index (χ1) is 17.2. The maximum absolute atomic E-state index is 13.7. The highest BCUT2D eigenvalue weighted by Crippen LogP contribution is 2.32. The molecule has 1 fully saturated rings. The number of rotatable bonds is 5. The Bertz CT molecular complexity index is 1560. The molecule has 1 aliphatic heterocycles. The van der Waals surface area contributed by atoms with Crippen LogP contribution in [0.3, 0.4) is 0 Å². The Kier molecular flexibility index (Phi) is 5.37. The van der Waals surface area contributed by atoms with Crippen molar-refractivity contribution in [1.82, 2.24) is 14.5 Å². The van der Waals surface area contributed by atoms with Gasteiger partial charge in [-0.05, 0) is 79.9 Å². The second kappa shape index (κ2) is 8.83. The van der Waals surface area contributed by atoms with Crippen molar-refractivity contribution < 1.29 is 9.13 Å². The summed E-state index contributed by atoms with van der Waals surface area (Å²) in [7, 11) is 1.60. The summed E-state index contributed by atoms with van der Waals surface area (Å²) in [6.45, 7) is 0. The molecule has 2 aromatic carbocycles. The number of ether oxygens (including phenoxy) is 1. The van der Waals surface area contributed by atoms with Crippen molar-refractivity contribution in [3.05, 3.63) is 90.2 Å². The Labute approximate surface area is 202 Å². The van der Waals surface area contributed by atoms with E-state index in [2.05, 4.69) is 20.9 Å². The van der Waals surface area contributed by atoms with Crippen LogP contribution in [0.1, 0.15) is 19.3 Å². The number of benzene rings is 3. The van der Waals surface area contributed by atoms with E-state index in [9.17, 15) is 4.39 Å². The van der Waals surface area contributed by atoms with E-state index in [1.807, 2.05) is 42.5 Å². The highest BCUT2D eigenvalue weighted by molar-refractivity contribution is 5.84. The SMILES string of the molecule is COc1ncccc1Nc1cc2nc3ccccc3n(-c3ccc(F)cc3)c-2c/c1=N\C1CCC1. The number of nitrogens with zero attached hydrogens (tertiary/aromatic N) is 4. The van der Waals surface area contributed by atoms with Gasteiger partial charge in [0.25, 0.3) is 0 Å². The number of halogens is 1. The summed E-state index contributed by atoms with van der Waals surface area (Å²) < 4.78 is 21.3. The molecule has 0 atom stereocenters.